The van der Waals surface area contributed by atoms with Crippen molar-refractivity contribution in [3.05, 3.63) is 202 Å². The van der Waals surface area contributed by atoms with Crippen LogP contribution in [0, 0.1) is 46.3 Å². The minimum atomic E-state index is -4.65. The zero-order chi connectivity index (χ0) is 94.5. The normalized spacial score (nSPS) is 21.9. The fourth-order valence-corrected chi connectivity index (χ4v) is 23.6. The Kier molecular flexibility index (Phi) is 30.0. The lowest BCUT2D eigenvalue weighted by Crippen LogP contribution is -2.53. The second kappa shape index (κ2) is 40.1. The number of carbonyl (C=O) groups excluding carboxylic acids is 4. The molecule has 8 aliphatic rings. The number of amides is 4. The van der Waals surface area contributed by atoms with Gasteiger partial charge in [-0.3, -0.25) is 19.2 Å². The predicted molar refractivity (Wildman–Crippen MR) is 444 cm³/mol. The number of benzene rings is 3. The fraction of sp³-hybridized carbons (Fsp3) is 0.488. The first-order valence-electron chi connectivity index (χ1n) is 41.3. The van der Waals surface area contributed by atoms with Crippen molar-refractivity contribution < 1.29 is 123 Å². The first kappa shape index (κ1) is 98.0. The lowest BCUT2D eigenvalue weighted by atomic mass is 9.96. The van der Waals surface area contributed by atoms with E-state index in [1.165, 1.54) is 54.6 Å². The zero-order valence-corrected chi connectivity index (χ0v) is 73.3. The number of alkyl halides is 12. The molecule has 8 saturated heterocycles. The van der Waals surface area contributed by atoms with Crippen molar-refractivity contribution in [1.29, 1.82) is 0 Å². The van der Waals surface area contributed by atoms with Gasteiger partial charge in [0.05, 0.1) is 125 Å². The second-order valence-corrected chi connectivity index (χ2v) is 42.8. The van der Waals surface area contributed by atoms with Gasteiger partial charge in [-0.25, -0.2) is 86.7 Å². The van der Waals surface area contributed by atoms with Crippen molar-refractivity contribution in [2.75, 3.05) is 144 Å². The lowest BCUT2D eigenvalue weighted by Gasteiger charge is -2.44. The summed E-state index contributed by atoms with van der Waals surface area (Å²) < 4.78 is 304. The number of rotatable bonds is 12. The molecule has 4 amide bonds. The van der Waals surface area contributed by atoms with Crippen LogP contribution in [-0.4, -0.2) is 241 Å². The Hall–Kier alpha value is -10.6. The van der Waals surface area contributed by atoms with Crippen LogP contribution < -0.4 is 19.6 Å². The summed E-state index contributed by atoms with van der Waals surface area (Å²) in [5.74, 6) is -5.03. The van der Waals surface area contributed by atoms with Crippen molar-refractivity contribution in [3.8, 4) is 0 Å². The van der Waals surface area contributed by atoms with Crippen molar-refractivity contribution in [3.63, 3.8) is 0 Å². The summed E-state index contributed by atoms with van der Waals surface area (Å²) in [5.41, 5.74) is -1.59. The van der Waals surface area contributed by atoms with Gasteiger partial charge >= 0.3 is 24.7 Å². The van der Waals surface area contributed by atoms with Gasteiger partial charge in [0, 0.05) is 113 Å². The summed E-state index contributed by atoms with van der Waals surface area (Å²) in [6, 6.07) is 18.1. The van der Waals surface area contributed by atoms with Crippen LogP contribution in [0.3, 0.4) is 0 Å². The van der Waals surface area contributed by atoms with E-state index >= 15 is 0 Å². The number of sulfone groups is 4. The number of aromatic nitrogens is 8. The number of hydrogen-bond donors (Lipinski definition) is 0. The Morgan fingerprint density at radius 2 is 0.649 bits per heavy atom. The maximum atomic E-state index is 14.7. The Bertz CT molecular complexity index is 5650. The van der Waals surface area contributed by atoms with E-state index in [1.807, 2.05) is 0 Å². The monoisotopic (exact) mass is 1950 g/mol. The van der Waals surface area contributed by atoms with Crippen LogP contribution in [0.5, 0.6) is 0 Å². The standard InChI is InChI=1S/3C21H22F4N4O3S.C19H20F4N4O3S2/c22-16-3-1-2-15(10-16)17-13-28(19-12-26-18(11-27-19)21(23,24)25)6-7-29(17)20(30)14-4-8-33(31,32)9-5-14;22-16-3-1-2-15(10-16)18-13-28(17-11-26-20(27-12-17)21(23,24)25)6-7-29(18)19(30)14-4-8-33(31,32)9-5-14;22-16-4-2-1-3-15(16)17-13-28(19-12-26-18(11-27-19)21(23,24)25)7-8-29(17)20(30)14-5-9-33(31,32)10-6-14;20-16-2-1-14(31-16)13-11-26(17-10-24-15(9-25-17)19(21,22)23)5-6-27(13)18(28)12-3-7-32(29,30)8-4-12/h1-3,10-12,14,17H,4-9,13H2;1-3,10-12,14,18H,4-9,13H2;1-4,11-12,14,17H,5-10,13H2;1-2,9-10,12-13H,3-8,11H2. The third-order valence-electron chi connectivity index (χ3n) is 23.9. The molecular formula is C82H86F16N16O12S5. The SMILES string of the molecule is O=C(C1CCS(=O)(=O)CC1)N1CCN(c2cnc(C(F)(F)F)cn2)CC1c1ccc(F)s1.O=C(C1CCS(=O)(=O)CC1)N1CCN(c2cnc(C(F)(F)F)cn2)CC1c1cccc(F)c1.O=C(C1CCS(=O)(=O)CC1)N1CCN(c2cnc(C(F)(F)F)cn2)CC1c1ccccc1F.O=C(C1CCS(=O)(=O)CC1)N1CCN(c2cnc(C(F)(F)F)nc2)CC1c1cccc(F)c1. The average molecular weight is 1950 g/mol. The van der Waals surface area contributed by atoms with E-state index in [9.17, 15) is 123 Å². The van der Waals surface area contributed by atoms with Gasteiger partial charge in [0.2, 0.25) is 29.5 Å². The van der Waals surface area contributed by atoms with Gasteiger partial charge in [0.25, 0.3) is 0 Å². The topological polar surface area (TPSA) is 334 Å². The van der Waals surface area contributed by atoms with E-state index in [2.05, 4.69) is 39.9 Å². The molecule has 28 nitrogen and oxygen atoms in total. The van der Waals surface area contributed by atoms with E-state index in [0.717, 1.165) is 42.3 Å². The Balaban J connectivity index is 0.000000149. The smallest absolute Gasteiger partial charge is 0.365 e. The summed E-state index contributed by atoms with van der Waals surface area (Å²) in [4.78, 5) is 95.8. The quantitative estimate of drug-likeness (QED) is 0.103. The molecule has 708 valence electrons. The molecule has 0 saturated carbocycles. The summed E-state index contributed by atoms with van der Waals surface area (Å²) in [7, 11) is -12.5. The molecule has 3 aromatic carbocycles. The van der Waals surface area contributed by atoms with Gasteiger partial charge in [0.1, 0.15) is 74.3 Å². The largest absolute Gasteiger partial charge is 0.451 e. The van der Waals surface area contributed by atoms with Gasteiger partial charge in [-0.15, -0.1) is 11.3 Å². The van der Waals surface area contributed by atoms with Crippen molar-refractivity contribution >= 4 is 97.5 Å². The minimum Gasteiger partial charge on any atom is -0.365 e. The molecule has 131 heavy (non-hydrogen) atoms. The highest BCUT2D eigenvalue weighted by Gasteiger charge is 2.46. The lowest BCUT2D eigenvalue weighted by molar-refractivity contribution is -0.145. The Labute approximate surface area is 745 Å². The van der Waals surface area contributed by atoms with E-state index in [-0.39, 0.29) is 203 Å². The van der Waals surface area contributed by atoms with E-state index in [0.29, 0.717) is 59.9 Å². The number of halogens is 16. The number of thiophene rings is 1. The van der Waals surface area contributed by atoms with Gasteiger partial charge in [0.15, 0.2) is 22.2 Å². The van der Waals surface area contributed by atoms with Gasteiger partial charge < -0.3 is 39.2 Å². The Morgan fingerprint density at radius 1 is 0.328 bits per heavy atom. The third-order valence-corrected chi connectivity index (χ3v) is 31.8. The highest BCUT2D eigenvalue weighted by Crippen LogP contribution is 2.41. The molecular weight excluding hydrogens is 1870 g/mol. The van der Waals surface area contributed by atoms with E-state index < -0.39 is 157 Å². The number of hydrogen-bond acceptors (Lipinski definition) is 25. The van der Waals surface area contributed by atoms with Crippen LogP contribution in [-0.2, 0) is 83.2 Å². The molecule has 8 aliphatic heterocycles. The maximum Gasteiger partial charge on any atom is 0.451 e. The Morgan fingerprint density at radius 3 is 0.962 bits per heavy atom. The highest BCUT2D eigenvalue weighted by molar-refractivity contribution is 7.92. The second-order valence-electron chi connectivity index (χ2n) is 32.5. The first-order chi connectivity index (χ1) is 61.6. The molecule has 4 unspecified atom stereocenters. The molecule has 8 aromatic rings. The minimum absolute atomic E-state index is 0.0389. The molecule has 0 bridgehead atoms. The number of anilines is 4. The molecule has 0 aliphatic carbocycles. The van der Waals surface area contributed by atoms with Crippen LogP contribution in [0.4, 0.5) is 93.4 Å². The third kappa shape index (κ3) is 24.9. The van der Waals surface area contributed by atoms with Gasteiger partial charge in [-0.2, -0.15) is 57.1 Å². The molecule has 8 fully saturated rings. The van der Waals surface area contributed by atoms with Gasteiger partial charge in [-0.1, -0.05) is 42.5 Å². The van der Waals surface area contributed by atoms with Crippen LogP contribution in [0.1, 0.15) is 120 Å². The summed E-state index contributed by atoms with van der Waals surface area (Å²) >= 11 is 0.897. The molecule has 49 heteroatoms. The van der Waals surface area contributed by atoms with Crippen molar-refractivity contribution in [2.24, 2.45) is 23.7 Å². The molecule has 0 radical (unpaired) electrons. The van der Waals surface area contributed by atoms with Gasteiger partial charge in [-0.05, 0) is 105 Å². The van der Waals surface area contributed by atoms with Crippen molar-refractivity contribution in [2.45, 2.75) is 100 Å². The number of carbonyl (C=O) groups is 4. The number of nitrogens with zero attached hydrogens (tertiary/aromatic N) is 16. The van der Waals surface area contributed by atoms with Crippen LogP contribution >= 0.6 is 11.3 Å². The molecule has 4 atom stereocenters. The van der Waals surface area contributed by atoms with Crippen LogP contribution in [0.15, 0.2) is 135 Å². The molecule has 0 N–H and O–H groups in total. The van der Waals surface area contributed by atoms with E-state index in [4.69, 9.17) is 0 Å². The summed E-state index contributed by atoms with van der Waals surface area (Å²) in [5, 5.41) is -0.414. The number of piperazine rings is 4. The molecule has 5 aromatic heterocycles. The molecule has 16 rings (SSSR count). The first-order valence-corrected chi connectivity index (χ1v) is 49.4. The summed E-state index contributed by atoms with van der Waals surface area (Å²) in [6.07, 6.45) is -9.34. The predicted octanol–water partition coefficient (Wildman–Crippen LogP) is 11.5. The van der Waals surface area contributed by atoms with Crippen LogP contribution in [0.25, 0.3) is 0 Å². The molecule has 13 heterocycles. The average Bonchev–Trinajstić information content (AvgIpc) is 1.79. The van der Waals surface area contributed by atoms with Crippen LogP contribution in [0.2, 0.25) is 0 Å². The summed E-state index contributed by atoms with van der Waals surface area (Å²) in [6.45, 7) is 2.78. The molecule has 0 spiro atoms. The zero-order valence-electron chi connectivity index (χ0n) is 69.3. The van der Waals surface area contributed by atoms with Crippen molar-refractivity contribution in [1.82, 2.24) is 59.5 Å². The maximum absolute atomic E-state index is 14.7. The fourth-order valence-electron chi connectivity index (χ4n) is 16.8. The van der Waals surface area contributed by atoms with E-state index in [1.54, 1.807) is 69.5 Å². The highest BCUT2D eigenvalue weighted by atomic mass is 32.2.